The molecule has 0 saturated carbocycles. The van der Waals surface area contributed by atoms with Crippen LogP contribution in [0, 0.1) is 5.41 Å². The minimum atomic E-state index is -0.546. The monoisotopic (exact) mass is 220 g/mol. The van der Waals surface area contributed by atoms with Crippen molar-refractivity contribution in [3.63, 3.8) is 0 Å². The second kappa shape index (κ2) is 5.90. The number of ether oxygens (including phenoxy) is 2. The molecule has 14 heavy (non-hydrogen) atoms. The normalized spacial score (nSPS) is 10.9. The second-order valence-corrected chi connectivity index (χ2v) is 4.46. The van der Waals surface area contributed by atoms with E-state index < -0.39 is 5.41 Å². The second-order valence-electron chi connectivity index (χ2n) is 3.43. The number of hydrogen-bond donors (Lipinski definition) is 0. The van der Waals surface area contributed by atoms with Gasteiger partial charge in [0.05, 0.1) is 19.6 Å². The number of carbonyl (C=O) groups excluding carboxylic acids is 2. The topological polar surface area (TPSA) is 52.6 Å². The van der Waals surface area contributed by atoms with Crippen LogP contribution in [0.5, 0.6) is 0 Å². The molecule has 0 spiro atoms. The summed E-state index contributed by atoms with van der Waals surface area (Å²) < 4.78 is 9.09. The lowest BCUT2D eigenvalue weighted by molar-refractivity contribution is -0.150. The first-order chi connectivity index (χ1) is 6.44. The quantitative estimate of drug-likeness (QED) is 0.679. The zero-order valence-electron chi connectivity index (χ0n) is 8.96. The fourth-order valence-electron chi connectivity index (χ4n) is 0.827. The van der Waals surface area contributed by atoms with Crippen molar-refractivity contribution in [1.29, 1.82) is 0 Å². The van der Waals surface area contributed by atoms with Crippen molar-refractivity contribution >= 4 is 23.0 Å². The minimum Gasteiger partial charge on any atom is -0.469 e. The van der Waals surface area contributed by atoms with Gasteiger partial charge in [-0.2, -0.15) is 0 Å². The van der Waals surface area contributed by atoms with Crippen LogP contribution >= 0.6 is 11.8 Å². The predicted octanol–water partition coefficient (Wildman–Crippen LogP) is 2.08. The largest absolute Gasteiger partial charge is 0.469 e. The van der Waals surface area contributed by atoms with Crippen LogP contribution in [-0.2, 0) is 14.3 Å². The van der Waals surface area contributed by atoms with E-state index in [1.807, 2.05) is 0 Å². The molecule has 0 aliphatic heterocycles. The molecule has 0 heterocycles. The molecule has 0 aliphatic carbocycles. The molecule has 0 N–H and O–H groups in total. The van der Waals surface area contributed by atoms with Crippen LogP contribution < -0.4 is 0 Å². The highest BCUT2D eigenvalue weighted by Gasteiger charge is 2.28. The molecular formula is C9H16O4S. The average Bonchev–Trinajstić information content (AvgIpc) is 2.15. The third-order valence-electron chi connectivity index (χ3n) is 1.85. The Balaban J connectivity index is 3.88. The van der Waals surface area contributed by atoms with Crippen molar-refractivity contribution in [2.45, 2.75) is 20.3 Å². The maximum absolute atomic E-state index is 11.2. The first kappa shape index (κ1) is 13.3. The van der Waals surface area contributed by atoms with Gasteiger partial charge in [-0.15, -0.1) is 0 Å². The number of esters is 1. The van der Waals surface area contributed by atoms with Crippen molar-refractivity contribution in [3.8, 4) is 0 Å². The van der Waals surface area contributed by atoms with Crippen LogP contribution in [0.25, 0.3) is 0 Å². The Bertz CT molecular complexity index is 213. The zero-order valence-corrected chi connectivity index (χ0v) is 9.77. The van der Waals surface area contributed by atoms with Gasteiger partial charge in [-0.25, -0.2) is 4.79 Å². The Hall–Kier alpha value is -0.710. The van der Waals surface area contributed by atoms with Crippen LogP contribution in [0.4, 0.5) is 4.79 Å². The number of thioether (sulfide) groups is 1. The fourth-order valence-corrected chi connectivity index (χ4v) is 1.72. The Kier molecular flexibility index (Phi) is 5.60. The summed E-state index contributed by atoms with van der Waals surface area (Å²) >= 11 is 1.06. The summed E-state index contributed by atoms with van der Waals surface area (Å²) in [5.74, 6) is 0.289. The molecule has 0 aromatic heterocycles. The molecule has 0 aliphatic rings. The van der Waals surface area contributed by atoms with E-state index in [0.29, 0.717) is 12.2 Å². The molecule has 0 saturated heterocycles. The molecule has 0 aromatic carbocycles. The van der Waals surface area contributed by atoms with Gasteiger partial charge in [-0.3, -0.25) is 4.79 Å². The number of hydrogen-bond acceptors (Lipinski definition) is 5. The highest BCUT2D eigenvalue weighted by atomic mass is 32.2. The predicted molar refractivity (Wildman–Crippen MR) is 55.3 cm³/mol. The zero-order chi connectivity index (χ0) is 11.2. The Morgan fingerprint density at radius 2 is 1.79 bits per heavy atom. The van der Waals surface area contributed by atoms with E-state index in [-0.39, 0.29) is 11.3 Å². The first-order valence-electron chi connectivity index (χ1n) is 4.23. The molecule has 0 bridgehead atoms. The molecule has 5 heteroatoms. The highest BCUT2D eigenvalue weighted by Crippen LogP contribution is 2.24. The summed E-state index contributed by atoms with van der Waals surface area (Å²) in [6, 6.07) is 0. The van der Waals surface area contributed by atoms with Crippen LogP contribution in [0.3, 0.4) is 0 Å². The lowest BCUT2D eigenvalue weighted by Gasteiger charge is -2.20. The molecule has 4 nitrogen and oxygen atoms in total. The molecule has 0 amide bonds. The van der Waals surface area contributed by atoms with E-state index in [4.69, 9.17) is 0 Å². The molecule has 82 valence electrons. The van der Waals surface area contributed by atoms with Gasteiger partial charge in [-0.1, -0.05) is 0 Å². The maximum atomic E-state index is 11.2. The van der Waals surface area contributed by atoms with E-state index in [2.05, 4.69) is 9.47 Å². The van der Waals surface area contributed by atoms with Gasteiger partial charge >= 0.3 is 11.3 Å². The molecule has 0 aromatic rings. The van der Waals surface area contributed by atoms with Crippen LogP contribution in [-0.4, -0.2) is 31.2 Å². The number of carbonyl (C=O) groups is 2. The molecule has 0 rings (SSSR count). The van der Waals surface area contributed by atoms with Crippen LogP contribution in [0.1, 0.15) is 20.3 Å². The standard InChI is InChI=1S/C9H16O4S/c1-9(2,7(10)12-3)5-6-14-8(11)13-4/h5-6H2,1-4H3. The van der Waals surface area contributed by atoms with Gasteiger partial charge in [-0.05, 0) is 32.0 Å². The summed E-state index contributed by atoms with van der Waals surface area (Å²) in [5, 5.41) is -0.328. The van der Waals surface area contributed by atoms with Crippen LogP contribution in [0.15, 0.2) is 0 Å². The third kappa shape index (κ3) is 4.50. The van der Waals surface area contributed by atoms with Crippen molar-refractivity contribution in [3.05, 3.63) is 0 Å². The SMILES string of the molecule is COC(=O)SCCC(C)(C)C(=O)OC. The van der Waals surface area contributed by atoms with Gasteiger partial charge < -0.3 is 9.47 Å². The molecular weight excluding hydrogens is 204 g/mol. The summed E-state index contributed by atoms with van der Waals surface area (Å²) in [5.41, 5.74) is -0.546. The Labute approximate surface area is 88.3 Å². The summed E-state index contributed by atoms with van der Waals surface area (Å²) in [6.45, 7) is 3.58. The van der Waals surface area contributed by atoms with E-state index in [1.54, 1.807) is 13.8 Å². The van der Waals surface area contributed by atoms with Crippen molar-refractivity contribution in [1.82, 2.24) is 0 Å². The van der Waals surface area contributed by atoms with E-state index in [1.165, 1.54) is 14.2 Å². The molecule has 0 fully saturated rings. The van der Waals surface area contributed by atoms with Crippen molar-refractivity contribution in [2.75, 3.05) is 20.0 Å². The van der Waals surface area contributed by atoms with E-state index >= 15 is 0 Å². The fraction of sp³-hybridized carbons (Fsp3) is 0.778. The van der Waals surface area contributed by atoms with Crippen molar-refractivity contribution in [2.24, 2.45) is 5.41 Å². The lowest BCUT2D eigenvalue weighted by atomic mass is 9.91. The van der Waals surface area contributed by atoms with Gasteiger partial charge in [0.25, 0.3) is 0 Å². The third-order valence-corrected chi connectivity index (χ3v) is 2.66. The highest BCUT2D eigenvalue weighted by molar-refractivity contribution is 8.13. The van der Waals surface area contributed by atoms with Gasteiger partial charge in [0, 0.05) is 5.75 Å². The first-order valence-corrected chi connectivity index (χ1v) is 5.21. The smallest absolute Gasteiger partial charge is 0.367 e. The molecule has 0 unspecified atom stereocenters. The van der Waals surface area contributed by atoms with E-state index in [0.717, 1.165) is 11.8 Å². The summed E-state index contributed by atoms with van der Waals surface area (Å²) in [7, 11) is 2.69. The Morgan fingerprint density at radius 1 is 1.21 bits per heavy atom. The number of methoxy groups -OCH3 is 2. The van der Waals surface area contributed by atoms with E-state index in [9.17, 15) is 9.59 Å². The number of rotatable bonds is 4. The summed E-state index contributed by atoms with van der Waals surface area (Å²) in [4.78, 5) is 22.0. The van der Waals surface area contributed by atoms with Gasteiger partial charge in [0.15, 0.2) is 0 Å². The summed E-state index contributed by atoms with van der Waals surface area (Å²) in [6.07, 6.45) is 0.583. The molecule has 0 radical (unpaired) electrons. The minimum absolute atomic E-state index is 0.261. The van der Waals surface area contributed by atoms with Gasteiger partial charge in [0.2, 0.25) is 0 Å². The molecule has 0 atom stereocenters. The van der Waals surface area contributed by atoms with Crippen molar-refractivity contribution < 1.29 is 19.1 Å². The van der Waals surface area contributed by atoms with Crippen LogP contribution in [0.2, 0.25) is 0 Å². The lowest BCUT2D eigenvalue weighted by Crippen LogP contribution is -2.26. The maximum Gasteiger partial charge on any atom is 0.367 e. The average molecular weight is 220 g/mol. The Morgan fingerprint density at radius 3 is 2.21 bits per heavy atom. The van der Waals surface area contributed by atoms with Gasteiger partial charge in [0.1, 0.15) is 0 Å².